The van der Waals surface area contributed by atoms with Gasteiger partial charge in [0.1, 0.15) is 11.5 Å². The largest absolute Gasteiger partial charge is 0.493 e. The second kappa shape index (κ2) is 13.4. The van der Waals surface area contributed by atoms with Gasteiger partial charge in [-0.05, 0) is 99.3 Å². The van der Waals surface area contributed by atoms with Crippen LogP contribution in [-0.2, 0) is 0 Å². The van der Waals surface area contributed by atoms with Crippen LogP contribution in [0.4, 0.5) is 16.2 Å². The number of benzene rings is 3. The first-order valence-electron chi connectivity index (χ1n) is 15.2. The van der Waals surface area contributed by atoms with Gasteiger partial charge in [-0.25, -0.2) is 4.79 Å². The third-order valence-corrected chi connectivity index (χ3v) is 8.62. The van der Waals surface area contributed by atoms with E-state index in [0.29, 0.717) is 34.2 Å². The number of rotatable bonds is 11. The molecule has 3 aliphatic rings. The highest BCUT2D eigenvalue weighted by Gasteiger charge is 2.46. The van der Waals surface area contributed by atoms with Crippen molar-refractivity contribution in [3.05, 3.63) is 72.3 Å². The van der Waals surface area contributed by atoms with Crippen LogP contribution in [0.2, 0.25) is 0 Å². The van der Waals surface area contributed by atoms with Crippen molar-refractivity contribution in [2.75, 3.05) is 31.3 Å². The summed E-state index contributed by atoms with van der Waals surface area (Å²) in [6.07, 6.45) is 6.24. The zero-order chi connectivity index (χ0) is 30.4. The number of methoxy groups -OCH3 is 1. The van der Waals surface area contributed by atoms with Crippen LogP contribution in [0.25, 0.3) is 0 Å². The molecule has 3 amide bonds. The summed E-state index contributed by atoms with van der Waals surface area (Å²) in [5, 5.41) is 8.73. The number of carbonyl (C=O) groups is 2. The molecule has 0 unspecified atom stereocenters. The monoisotopic (exact) mass is 586 g/mol. The zero-order valence-corrected chi connectivity index (χ0v) is 25.4. The van der Waals surface area contributed by atoms with Gasteiger partial charge in [0.2, 0.25) is 0 Å². The number of nitrogens with one attached hydrogen (secondary N) is 3. The lowest BCUT2D eigenvalue weighted by molar-refractivity contribution is -0.148. The molecular formula is C34H42N4O5. The standard InChI is InChI=1S/C34H42N4O5/c1-5-25(6-2)36-33(40)37-27-11-16-30(31(21-27)41-4)42-28-14-9-26(10-15-28)35-32(39)24-7-12-29(13-8-24)43-34-19-17-23(18-20-34)22-38(34)3/h7-16,21,23,25H,5-6,17-20,22H2,1-4H3,(H,35,39)(H2,36,37,40). The van der Waals surface area contributed by atoms with E-state index < -0.39 is 0 Å². The van der Waals surface area contributed by atoms with Gasteiger partial charge < -0.3 is 30.2 Å². The molecule has 3 N–H and O–H groups in total. The van der Waals surface area contributed by atoms with Crippen LogP contribution in [0.15, 0.2) is 66.7 Å². The van der Waals surface area contributed by atoms with Crippen molar-refractivity contribution in [2.45, 2.75) is 64.1 Å². The lowest BCUT2D eigenvalue weighted by Crippen LogP contribution is -2.59. The molecule has 1 saturated carbocycles. The van der Waals surface area contributed by atoms with Crippen molar-refractivity contribution in [1.82, 2.24) is 10.2 Å². The summed E-state index contributed by atoms with van der Waals surface area (Å²) in [5.41, 5.74) is 1.57. The molecule has 0 atom stereocenters. The van der Waals surface area contributed by atoms with E-state index in [2.05, 4.69) is 27.9 Å². The predicted octanol–water partition coefficient (Wildman–Crippen LogP) is 7.26. The maximum Gasteiger partial charge on any atom is 0.319 e. The normalized spacial score (nSPS) is 19.5. The number of nitrogens with zero attached hydrogens (tertiary/aromatic N) is 1. The molecule has 0 radical (unpaired) electrons. The van der Waals surface area contributed by atoms with Crippen LogP contribution in [0.3, 0.4) is 0 Å². The van der Waals surface area contributed by atoms with E-state index in [1.165, 1.54) is 12.8 Å². The Balaban J connectivity index is 1.15. The summed E-state index contributed by atoms with van der Waals surface area (Å²) < 4.78 is 18.0. The molecule has 3 aromatic rings. The predicted molar refractivity (Wildman–Crippen MR) is 168 cm³/mol. The molecule has 43 heavy (non-hydrogen) atoms. The molecule has 0 aromatic heterocycles. The maximum atomic E-state index is 12.9. The van der Waals surface area contributed by atoms with Crippen molar-refractivity contribution in [1.29, 1.82) is 0 Å². The SMILES string of the molecule is CCC(CC)NC(=O)Nc1ccc(Oc2ccc(NC(=O)c3ccc(OC45CCC(CC4)CN5C)cc3)cc2)c(OC)c1. The third-order valence-electron chi connectivity index (χ3n) is 8.62. The minimum absolute atomic E-state index is 0.126. The summed E-state index contributed by atoms with van der Waals surface area (Å²) in [5.74, 6) is 2.93. The molecule has 3 aromatic carbocycles. The van der Waals surface area contributed by atoms with Gasteiger partial charge in [0.15, 0.2) is 17.2 Å². The minimum Gasteiger partial charge on any atom is -0.493 e. The van der Waals surface area contributed by atoms with Crippen LogP contribution in [-0.4, -0.2) is 49.3 Å². The van der Waals surface area contributed by atoms with Crippen molar-refractivity contribution >= 4 is 23.3 Å². The summed E-state index contributed by atoms with van der Waals surface area (Å²) in [7, 11) is 3.69. The fourth-order valence-electron chi connectivity index (χ4n) is 5.93. The molecule has 2 heterocycles. The van der Waals surface area contributed by atoms with Gasteiger partial charge in [0.05, 0.1) is 7.11 Å². The second-order valence-electron chi connectivity index (χ2n) is 11.5. The van der Waals surface area contributed by atoms with Crippen molar-refractivity contribution < 1.29 is 23.8 Å². The van der Waals surface area contributed by atoms with Gasteiger partial charge in [0.25, 0.3) is 5.91 Å². The Morgan fingerprint density at radius 1 is 0.884 bits per heavy atom. The van der Waals surface area contributed by atoms with E-state index in [-0.39, 0.29) is 23.7 Å². The molecule has 6 rings (SSSR count). The molecule has 228 valence electrons. The van der Waals surface area contributed by atoms with E-state index in [9.17, 15) is 9.59 Å². The average Bonchev–Trinajstić information content (AvgIpc) is 3.02. The van der Waals surface area contributed by atoms with E-state index in [1.807, 2.05) is 26.0 Å². The number of ether oxygens (including phenoxy) is 3. The Morgan fingerprint density at radius 3 is 2.16 bits per heavy atom. The highest BCUT2D eigenvalue weighted by Crippen LogP contribution is 2.43. The fourth-order valence-corrected chi connectivity index (χ4v) is 5.93. The van der Waals surface area contributed by atoms with Gasteiger partial charge in [-0.2, -0.15) is 0 Å². The Kier molecular flexibility index (Phi) is 9.40. The first-order chi connectivity index (χ1) is 20.8. The van der Waals surface area contributed by atoms with Crippen LogP contribution in [0, 0.1) is 5.92 Å². The molecule has 9 heteroatoms. The van der Waals surface area contributed by atoms with E-state index in [0.717, 1.165) is 43.9 Å². The smallest absolute Gasteiger partial charge is 0.319 e. The molecule has 2 saturated heterocycles. The topological polar surface area (TPSA) is 101 Å². The average molecular weight is 587 g/mol. The summed E-state index contributed by atoms with van der Waals surface area (Å²) >= 11 is 0. The Bertz CT molecular complexity index is 1400. The molecule has 2 bridgehead atoms. The molecule has 1 aliphatic carbocycles. The number of hydrogen-bond donors (Lipinski definition) is 3. The first kappa shape index (κ1) is 30.2. The zero-order valence-electron chi connectivity index (χ0n) is 25.4. The molecule has 9 nitrogen and oxygen atoms in total. The lowest BCUT2D eigenvalue weighted by atomic mass is 9.77. The van der Waals surface area contributed by atoms with Crippen LogP contribution < -0.4 is 30.2 Å². The number of piperidine rings is 2. The minimum atomic E-state index is -0.259. The molecule has 2 aliphatic heterocycles. The van der Waals surface area contributed by atoms with Gasteiger partial charge >= 0.3 is 6.03 Å². The number of amides is 3. The Morgan fingerprint density at radius 2 is 1.53 bits per heavy atom. The number of fused-ring (bicyclic) bond motifs is 3. The molecular weight excluding hydrogens is 544 g/mol. The van der Waals surface area contributed by atoms with Crippen molar-refractivity contribution in [3.8, 4) is 23.0 Å². The first-order valence-corrected chi connectivity index (χ1v) is 15.2. The van der Waals surface area contributed by atoms with Crippen molar-refractivity contribution in [3.63, 3.8) is 0 Å². The quantitative estimate of drug-likeness (QED) is 0.219. The Hall–Kier alpha value is -4.24. The van der Waals surface area contributed by atoms with E-state index in [4.69, 9.17) is 14.2 Å². The Labute approximate surface area is 253 Å². The van der Waals surface area contributed by atoms with Gasteiger partial charge in [-0.3, -0.25) is 9.69 Å². The molecule has 3 fully saturated rings. The summed E-state index contributed by atoms with van der Waals surface area (Å²) in [6.45, 7) is 5.16. The third kappa shape index (κ3) is 7.22. The number of hydrogen-bond acceptors (Lipinski definition) is 6. The highest BCUT2D eigenvalue weighted by molar-refractivity contribution is 6.04. The second-order valence-corrected chi connectivity index (χ2v) is 11.5. The number of urea groups is 1. The maximum absolute atomic E-state index is 12.9. The lowest BCUT2D eigenvalue weighted by Gasteiger charge is -2.52. The van der Waals surface area contributed by atoms with Crippen LogP contribution in [0.5, 0.6) is 23.0 Å². The summed E-state index contributed by atoms with van der Waals surface area (Å²) in [4.78, 5) is 27.6. The van der Waals surface area contributed by atoms with Crippen LogP contribution >= 0.6 is 0 Å². The fraction of sp³-hybridized carbons (Fsp3) is 0.412. The summed E-state index contributed by atoms with van der Waals surface area (Å²) in [6, 6.07) is 19.5. The number of carbonyl (C=O) groups excluding carboxylic acids is 2. The van der Waals surface area contributed by atoms with Crippen LogP contribution in [0.1, 0.15) is 62.7 Å². The number of anilines is 2. The van der Waals surface area contributed by atoms with E-state index in [1.54, 1.807) is 61.7 Å². The molecule has 0 spiro atoms. The van der Waals surface area contributed by atoms with Gasteiger partial charge in [-0.1, -0.05) is 13.8 Å². The highest BCUT2D eigenvalue weighted by atomic mass is 16.5. The van der Waals surface area contributed by atoms with E-state index >= 15 is 0 Å². The van der Waals surface area contributed by atoms with Gasteiger partial charge in [-0.15, -0.1) is 0 Å². The van der Waals surface area contributed by atoms with Crippen molar-refractivity contribution in [2.24, 2.45) is 5.92 Å². The van der Waals surface area contributed by atoms with Gasteiger partial charge in [0, 0.05) is 48.4 Å².